The summed E-state index contributed by atoms with van der Waals surface area (Å²) in [4.78, 5) is 5.43. The molecule has 3 nitrogen and oxygen atoms in total. The average Bonchev–Trinajstić information content (AvgIpc) is 2.60. The third-order valence-electron chi connectivity index (χ3n) is 2.03. The molecule has 0 bridgehead atoms. The molecule has 1 aromatic heterocycles. The van der Waals surface area contributed by atoms with Crippen LogP contribution in [-0.2, 0) is 0 Å². The fraction of sp³-hybridized carbons (Fsp3) is 0.200. The normalized spacial score (nSPS) is 10.7. The highest BCUT2D eigenvalue weighted by atomic mass is 79.9. The Morgan fingerprint density at radius 2 is 2.12 bits per heavy atom. The minimum absolute atomic E-state index is 0.796. The van der Waals surface area contributed by atoms with Crippen LogP contribution in [-0.4, -0.2) is 9.36 Å². The van der Waals surface area contributed by atoms with Crippen LogP contribution in [0.25, 0.3) is 0 Å². The lowest BCUT2D eigenvalue weighted by molar-refractivity contribution is 1.10. The maximum absolute atomic E-state index is 5.82. The minimum Gasteiger partial charge on any atom is -0.398 e. The fourth-order valence-corrected chi connectivity index (χ4v) is 3.48. The topological polar surface area (TPSA) is 51.8 Å². The van der Waals surface area contributed by atoms with E-state index >= 15 is 0 Å². The van der Waals surface area contributed by atoms with Crippen LogP contribution in [0.2, 0.25) is 0 Å². The van der Waals surface area contributed by atoms with Gasteiger partial charge in [-0.1, -0.05) is 11.8 Å². The highest BCUT2D eigenvalue weighted by Crippen LogP contribution is 2.36. The Balaban J connectivity index is 2.31. The zero-order chi connectivity index (χ0) is 11.7. The van der Waals surface area contributed by atoms with Crippen molar-refractivity contribution in [3.63, 3.8) is 0 Å². The molecular formula is C10H10BrN3S2. The Bertz CT molecular complexity index is 525. The van der Waals surface area contributed by atoms with Crippen LogP contribution in [0.4, 0.5) is 5.69 Å². The molecule has 6 heteroatoms. The summed E-state index contributed by atoms with van der Waals surface area (Å²) >= 11 is 6.51. The molecule has 0 saturated heterocycles. The van der Waals surface area contributed by atoms with Crippen LogP contribution in [0.5, 0.6) is 0 Å². The van der Waals surface area contributed by atoms with Gasteiger partial charge in [0, 0.05) is 15.1 Å². The van der Waals surface area contributed by atoms with Crippen LogP contribution in [0.15, 0.2) is 25.8 Å². The zero-order valence-electron chi connectivity index (χ0n) is 8.82. The van der Waals surface area contributed by atoms with E-state index in [-0.39, 0.29) is 0 Å². The molecule has 2 rings (SSSR count). The number of aryl methyl sites for hydroxylation is 2. The molecule has 0 amide bonds. The largest absolute Gasteiger partial charge is 0.398 e. The van der Waals surface area contributed by atoms with Gasteiger partial charge >= 0.3 is 0 Å². The van der Waals surface area contributed by atoms with Gasteiger partial charge in [-0.15, -0.1) is 0 Å². The first-order valence-electron chi connectivity index (χ1n) is 4.60. The lowest BCUT2D eigenvalue weighted by atomic mass is 10.2. The van der Waals surface area contributed by atoms with Crippen molar-refractivity contribution in [2.24, 2.45) is 0 Å². The summed E-state index contributed by atoms with van der Waals surface area (Å²) in [5.74, 6) is 0.816. The Morgan fingerprint density at radius 3 is 2.75 bits per heavy atom. The van der Waals surface area contributed by atoms with Gasteiger partial charge in [-0.25, -0.2) is 4.98 Å². The summed E-state index contributed by atoms with van der Waals surface area (Å²) in [5.41, 5.74) is 7.69. The molecule has 84 valence electrons. The molecule has 0 fully saturated rings. The van der Waals surface area contributed by atoms with E-state index < -0.39 is 0 Å². The Labute approximate surface area is 111 Å². The van der Waals surface area contributed by atoms with Gasteiger partial charge in [0.05, 0.1) is 0 Å². The van der Waals surface area contributed by atoms with E-state index in [1.807, 2.05) is 19.9 Å². The number of rotatable bonds is 2. The lowest BCUT2D eigenvalue weighted by Crippen LogP contribution is -1.90. The molecule has 0 aliphatic heterocycles. The van der Waals surface area contributed by atoms with Crippen LogP contribution in [0, 0.1) is 13.8 Å². The number of halogens is 1. The van der Waals surface area contributed by atoms with Gasteiger partial charge in [-0.2, -0.15) is 4.37 Å². The smallest absolute Gasteiger partial charge is 0.174 e. The van der Waals surface area contributed by atoms with Crippen molar-refractivity contribution in [1.82, 2.24) is 9.36 Å². The second kappa shape index (κ2) is 4.73. The van der Waals surface area contributed by atoms with Crippen LogP contribution < -0.4 is 5.73 Å². The monoisotopic (exact) mass is 315 g/mol. The average molecular weight is 316 g/mol. The molecule has 2 N–H and O–H groups in total. The molecule has 0 radical (unpaired) electrons. The van der Waals surface area contributed by atoms with Gasteiger partial charge in [0.2, 0.25) is 0 Å². The minimum atomic E-state index is 0.796. The number of aromatic nitrogens is 2. The number of hydrogen-bond donors (Lipinski definition) is 1. The third-order valence-corrected chi connectivity index (χ3v) is 4.85. The van der Waals surface area contributed by atoms with Crippen LogP contribution in [0.3, 0.4) is 0 Å². The number of nitrogen functional groups attached to an aromatic ring is 1. The van der Waals surface area contributed by atoms with Crippen molar-refractivity contribution in [1.29, 1.82) is 0 Å². The standard InChI is InChI=1S/C10H10BrN3S2/c1-5-3-9(7(11)4-8(5)12)15-10-13-6(2)14-16-10/h3-4H,12H2,1-2H3. The molecule has 2 aromatic rings. The van der Waals surface area contributed by atoms with Gasteiger partial charge < -0.3 is 5.73 Å². The van der Waals surface area contributed by atoms with E-state index in [1.165, 1.54) is 11.5 Å². The van der Waals surface area contributed by atoms with Crippen molar-refractivity contribution in [2.75, 3.05) is 5.73 Å². The van der Waals surface area contributed by atoms with Crippen molar-refractivity contribution in [3.05, 3.63) is 28.0 Å². The number of hydrogen-bond acceptors (Lipinski definition) is 5. The predicted molar refractivity (Wildman–Crippen MR) is 72.1 cm³/mol. The summed E-state index contributed by atoms with van der Waals surface area (Å²) in [7, 11) is 0. The lowest BCUT2D eigenvalue weighted by Gasteiger charge is -2.05. The van der Waals surface area contributed by atoms with E-state index in [9.17, 15) is 0 Å². The van der Waals surface area contributed by atoms with Crippen LogP contribution in [0.1, 0.15) is 11.4 Å². The van der Waals surface area contributed by atoms with E-state index in [1.54, 1.807) is 11.8 Å². The maximum atomic E-state index is 5.82. The molecule has 1 heterocycles. The molecular weight excluding hydrogens is 306 g/mol. The number of nitrogens with two attached hydrogens (primary N) is 1. The van der Waals surface area contributed by atoms with Crippen molar-refractivity contribution in [2.45, 2.75) is 23.1 Å². The van der Waals surface area contributed by atoms with Gasteiger partial charge in [-0.05, 0) is 59.0 Å². The second-order valence-corrected chi connectivity index (χ2v) is 6.24. The van der Waals surface area contributed by atoms with Crippen LogP contribution >= 0.6 is 39.2 Å². The number of anilines is 1. The second-order valence-electron chi connectivity index (χ2n) is 3.35. The molecule has 0 unspecified atom stereocenters. The van der Waals surface area contributed by atoms with E-state index in [4.69, 9.17) is 5.73 Å². The summed E-state index contributed by atoms with van der Waals surface area (Å²) in [6.07, 6.45) is 0. The fourth-order valence-electron chi connectivity index (χ4n) is 1.16. The van der Waals surface area contributed by atoms with Crippen molar-refractivity contribution < 1.29 is 0 Å². The molecule has 0 saturated carbocycles. The first-order chi connectivity index (χ1) is 7.56. The Morgan fingerprint density at radius 1 is 1.38 bits per heavy atom. The molecule has 0 aliphatic carbocycles. The molecule has 16 heavy (non-hydrogen) atoms. The molecule has 0 atom stereocenters. The number of benzene rings is 1. The number of nitrogens with zero attached hydrogens (tertiary/aromatic N) is 2. The quantitative estimate of drug-likeness (QED) is 0.859. The SMILES string of the molecule is Cc1nsc(Sc2cc(C)c(N)cc2Br)n1. The highest BCUT2D eigenvalue weighted by Gasteiger charge is 2.08. The predicted octanol–water partition coefficient (Wildman–Crippen LogP) is 3.65. The molecule has 0 aliphatic rings. The van der Waals surface area contributed by atoms with E-state index in [0.717, 1.165) is 30.8 Å². The summed E-state index contributed by atoms with van der Waals surface area (Å²) in [6.45, 7) is 3.89. The van der Waals surface area contributed by atoms with Gasteiger partial charge in [-0.3, -0.25) is 0 Å². The third kappa shape index (κ3) is 2.56. The Hall–Kier alpha value is -0.590. The molecule has 0 spiro atoms. The summed E-state index contributed by atoms with van der Waals surface area (Å²) in [5, 5.41) is 0. The first kappa shape index (κ1) is 11.9. The maximum Gasteiger partial charge on any atom is 0.174 e. The van der Waals surface area contributed by atoms with Crippen molar-refractivity contribution in [3.8, 4) is 0 Å². The van der Waals surface area contributed by atoms with Gasteiger partial charge in [0.1, 0.15) is 5.82 Å². The highest BCUT2D eigenvalue weighted by molar-refractivity contribution is 9.10. The summed E-state index contributed by atoms with van der Waals surface area (Å²) in [6, 6.07) is 3.98. The molecule has 1 aromatic carbocycles. The zero-order valence-corrected chi connectivity index (χ0v) is 12.0. The van der Waals surface area contributed by atoms with Gasteiger partial charge in [0.15, 0.2) is 4.34 Å². The van der Waals surface area contributed by atoms with E-state index in [0.29, 0.717) is 0 Å². The Kier molecular flexibility index (Phi) is 3.51. The van der Waals surface area contributed by atoms with Gasteiger partial charge in [0.25, 0.3) is 0 Å². The first-order valence-corrected chi connectivity index (χ1v) is 6.98. The van der Waals surface area contributed by atoms with E-state index in [2.05, 4.69) is 31.4 Å². The van der Waals surface area contributed by atoms with Crippen molar-refractivity contribution >= 4 is 44.9 Å². The summed E-state index contributed by atoms with van der Waals surface area (Å²) < 4.78 is 6.09.